The third-order valence-electron chi connectivity index (χ3n) is 3.22. The van der Waals surface area contributed by atoms with Crippen LogP contribution in [0, 0.1) is 10.1 Å². The van der Waals surface area contributed by atoms with Gasteiger partial charge in [-0.1, -0.05) is 17.7 Å². The lowest BCUT2D eigenvalue weighted by Crippen LogP contribution is -2.50. The second kappa shape index (κ2) is 6.38. The number of carbonyl (C=O) groups excluding carboxylic acids is 1. The third kappa shape index (κ3) is 3.31. The van der Waals surface area contributed by atoms with E-state index in [1.54, 1.807) is 6.92 Å². The summed E-state index contributed by atoms with van der Waals surface area (Å²) in [5.41, 5.74) is -0.456. The molecule has 0 saturated carbocycles. The number of hydrogen-bond acceptors (Lipinski definition) is 5. The van der Waals surface area contributed by atoms with Crippen LogP contribution in [0.4, 0.5) is 5.69 Å². The van der Waals surface area contributed by atoms with Crippen molar-refractivity contribution in [1.82, 2.24) is 4.90 Å². The van der Waals surface area contributed by atoms with Gasteiger partial charge in [0, 0.05) is 13.1 Å². The minimum absolute atomic E-state index is 0.0571. The van der Waals surface area contributed by atoms with Crippen molar-refractivity contribution < 1.29 is 19.6 Å². The maximum Gasteiger partial charge on any atom is 0.300 e. The molecule has 1 aromatic carbocycles. The van der Waals surface area contributed by atoms with Gasteiger partial charge in [-0.3, -0.25) is 14.9 Å². The number of aliphatic hydroxyl groups excluding tert-OH is 1. The molecule has 0 bridgehead atoms. The summed E-state index contributed by atoms with van der Waals surface area (Å²) < 4.78 is 5.45. The lowest BCUT2D eigenvalue weighted by Gasteiger charge is -2.36. The van der Waals surface area contributed by atoms with Crippen LogP contribution >= 0.6 is 11.6 Å². The molecule has 1 fully saturated rings. The van der Waals surface area contributed by atoms with Crippen LogP contribution in [0.3, 0.4) is 0 Å². The van der Waals surface area contributed by atoms with Crippen LogP contribution in [-0.2, 0) is 4.74 Å². The van der Waals surface area contributed by atoms with Crippen molar-refractivity contribution in [3.63, 3.8) is 0 Å². The molecule has 0 aromatic heterocycles. The van der Waals surface area contributed by atoms with Gasteiger partial charge in [0.2, 0.25) is 0 Å². The number of halogens is 1. The summed E-state index contributed by atoms with van der Waals surface area (Å²) in [6, 6.07) is 4.24. The van der Waals surface area contributed by atoms with E-state index in [2.05, 4.69) is 0 Å². The Morgan fingerprint density at radius 3 is 2.90 bits per heavy atom. The lowest BCUT2D eigenvalue weighted by atomic mass is 10.1. The summed E-state index contributed by atoms with van der Waals surface area (Å²) in [6.07, 6.45) is -0.742. The fraction of sp³-hybridized carbons (Fsp3) is 0.462. The van der Waals surface area contributed by atoms with Gasteiger partial charge < -0.3 is 14.7 Å². The summed E-state index contributed by atoms with van der Waals surface area (Å²) >= 11 is 5.81. The number of para-hydroxylation sites is 1. The number of amides is 1. The number of benzene rings is 1. The molecule has 114 valence electrons. The number of ether oxygens (including phenoxy) is 1. The van der Waals surface area contributed by atoms with Gasteiger partial charge >= 0.3 is 5.69 Å². The van der Waals surface area contributed by atoms with Crippen molar-refractivity contribution in [3.8, 4) is 0 Å². The first-order valence-electron chi connectivity index (χ1n) is 6.42. The molecule has 2 unspecified atom stereocenters. The smallest absolute Gasteiger partial charge is 0.300 e. The van der Waals surface area contributed by atoms with Gasteiger partial charge in [-0.2, -0.15) is 0 Å². The fourth-order valence-corrected chi connectivity index (χ4v) is 2.60. The highest BCUT2D eigenvalue weighted by Gasteiger charge is 2.32. The van der Waals surface area contributed by atoms with E-state index >= 15 is 0 Å². The molecule has 1 heterocycles. The molecule has 0 spiro atoms. The average molecular weight is 315 g/mol. The number of rotatable bonds is 3. The molecule has 1 amide bonds. The SMILES string of the molecule is CC1CN(C(=O)c2cccc(Cl)c2[N+](=O)[O-])CC(CO)O1. The second-order valence-electron chi connectivity index (χ2n) is 4.85. The van der Waals surface area contributed by atoms with Crippen LogP contribution in [0.15, 0.2) is 18.2 Å². The monoisotopic (exact) mass is 314 g/mol. The zero-order chi connectivity index (χ0) is 15.6. The molecule has 1 aromatic rings. The van der Waals surface area contributed by atoms with Crippen molar-refractivity contribution in [2.45, 2.75) is 19.1 Å². The summed E-state index contributed by atoms with van der Waals surface area (Å²) in [5.74, 6) is -0.488. The molecule has 7 nitrogen and oxygen atoms in total. The molecule has 0 radical (unpaired) electrons. The normalized spacial score (nSPS) is 22.1. The summed E-state index contributed by atoms with van der Waals surface area (Å²) in [4.78, 5) is 24.4. The Labute approximate surface area is 126 Å². The Bertz CT molecular complexity index is 565. The van der Waals surface area contributed by atoms with E-state index in [0.29, 0.717) is 6.54 Å². The van der Waals surface area contributed by atoms with Crippen LogP contribution in [0.25, 0.3) is 0 Å². The maximum atomic E-state index is 12.5. The van der Waals surface area contributed by atoms with Crippen molar-refractivity contribution in [3.05, 3.63) is 38.9 Å². The Kier molecular flexibility index (Phi) is 4.76. The molecule has 21 heavy (non-hydrogen) atoms. The largest absolute Gasteiger partial charge is 0.394 e. The summed E-state index contributed by atoms with van der Waals surface area (Å²) in [7, 11) is 0. The number of hydrogen-bond donors (Lipinski definition) is 1. The van der Waals surface area contributed by atoms with Gasteiger partial charge in [-0.15, -0.1) is 0 Å². The number of nitro groups is 1. The van der Waals surface area contributed by atoms with E-state index in [1.807, 2.05) is 0 Å². The van der Waals surface area contributed by atoms with E-state index < -0.39 is 22.6 Å². The summed E-state index contributed by atoms with van der Waals surface area (Å²) in [6.45, 7) is 2.04. The highest BCUT2D eigenvalue weighted by molar-refractivity contribution is 6.33. The number of nitrogens with zero attached hydrogens (tertiary/aromatic N) is 2. The first kappa shape index (κ1) is 15.7. The number of morpholine rings is 1. The second-order valence-corrected chi connectivity index (χ2v) is 5.26. The van der Waals surface area contributed by atoms with Gasteiger partial charge in [0.1, 0.15) is 10.6 Å². The molecule has 8 heteroatoms. The topological polar surface area (TPSA) is 92.9 Å². The highest BCUT2D eigenvalue weighted by atomic mass is 35.5. The van der Waals surface area contributed by atoms with Crippen molar-refractivity contribution in [1.29, 1.82) is 0 Å². The van der Waals surface area contributed by atoms with E-state index in [-0.39, 0.29) is 29.8 Å². The zero-order valence-corrected chi connectivity index (χ0v) is 12.1. The molecule has 2 atom stereocenters. The number of carbonyl (C=O) groups is 1. The first-order chi connectivity index (χ1) is 9.93. The Hall–Kier alpha value is -1.70. The van der Waals surface area contributed by atoms with Crippen LogP contribution in [0.2, 0.25) is 5.02 Å². The van der Waals surface area contributed by atoms with Crippen molar-refractivity contribution in [2.75, 3.05) is 19.7 Å². The minimum Gasteiger partial charge on any atom is -0.394 e. The first-order valence-corrected chi connectivity index (χ1v) is 6.80. The van der Waals surface area contributed by atoms with Gasteiger partial charge in [0.05, 0.1) is 23.7 Å². The van der Waals surface area contributed by atoms with E-state index in [4.69, 9.17) is 16.3 Å². The molecule has 1 N–H and O–H groups in total. The Morgan fingerprint density at radius 1 is 1.57 bits per heavy atom. The van der Waals surface area contributed by atoms with Crippen LogP contribution in [0.5, 0.6) is 0 Å². The van der Waals surface area contributed by atoms with E-state index in [9.17, 15) is 20.0 Å². The molecule has 1 saturated heterocycles. The lowest BCUT2D eigenvalue weighted by molar-refractivity contribution is -0.385. The molecular formula is C13H15ClN2O5. The third-order valence-corrected chi connectivity index (χ3v) is 3.52. The Balaban J connectivity index is 2.32. The predicted molar refractivity (Wildman–Crippen MR) is 75.4 cm³/mol. The molecule has 1 aliphatic heterocycles. The van der Waals surface area contributed by atoms with Crippen LogP contribution < -0.4 is 0 Å². The van der Waals surface area contributed by atoms with Crippen molar-refractivity contribution >= 4 is 23.2 Å². The van der Waals surface area contributed by atoms with Gasteiger partial charge in [0.25, 0.3) is 5.91 Å². The highest BCUT2D eigenvalue weighted by Crippen LogP contribution is 2.29. The minimum atomic E-state index is -0.664. The molecule has 0 aliphatic carbocycles. The van der Waals surface area contributed by atoms with E-state index in [0.717, 1.165) is 0 Å². The van der Waals surface area contributed by atoms with Crippen LogP contribution in [0.1, 0.15) is 17.3 Å². The standard InChI is InChI=1S/C13H15ClN2O5/c1-8-5-15(6-9(7-17)21-8)13(18)10-3-2-4-11(14)12(10)16(19)20/h2-4,8-9,17H,5-7H2,1H3. The predicted octanol–water partition coefficient (Wildman–Crippen LogP) is 1.47. The quantitative estimate of drug-likeness (QED) is 0.673. The van der Waals surface area contributed by atoms with Gasteiger partial charge in [0.15, 0.2) is 0 Å². The van der Waals surface area contributed by atoms with E-state index in [1.165, 1.54) is 23.1 Å². The maximum absolute atomic E-state index is 12.5. The van der Waals surface area contributed by atoms with Gasteiger partial charge in [-0.05, 0) is 19.1 Å². The zero-order valence-electron chi connectivity index (χ0n) is 11.4. The van der Waals surface area contributed by atoms with Gasteiger partial charge in [-0.25, -0.2) is 0 Å². The molecular weight excluding hydrogens is 300 g/mol. The Morgan fingerprint density at radius 2 is 2.29 bits per heavy atom. The van der Waals surface area contributed by atoms with Crippen LogP contribution in [-0.4, -0.2) is 52.7 Å². The fourth-order valence-electron chi connectivity index (χ4n) is 2.36. The number of nitro benzene ring substituents is 1. The van der Waals surface area contributed by atoms with Crippen molar-refractivity contribution in [2.24, 2.45) is 0 Å². The molecule has 2 rings (SSSR count). The number of aliphatic hydroxyl groups is 1. The average Bonchev–Trinajstić information content (AvgIpc) is 2.45. The summed E-state index contributed by atoms with van der Waals surface area (Å²) in [5, 5.41) is 20.2. The molecule has 1 aliphatic rings.